The van der Waals surface area contributed by atoms with Crippen LogP contribution in [0.1, 0.15) is 5.82 Å². The van der Waals surface area contributed by atoms with Gasteiger partial charge in [0.15, 0.2) is 5.65 Å². The van der Waals surface area contributed by atoms with Gasteiger partial charge in [-0.3, -0.25) is 0 Å². The molecular formula is C6H6N4. The standard InChI is InChI=1S/C6H6N4/c1-5-7-4-10-6(9-5)2-3-8-10/h2-4H,1H3. The van der Waals surface area contributed by atoms with Crippen LogP contribution >= 0.6 is 0 Å². The minimum absolute atomic E-state index is 0.771. The number of rotatable bonds is 0. The number of nitrogens with zero attached hydrogens (tertiary/aromatic N) is 4. The van der Waals surface area contributed by atoms with Gasteiger partial charge in [-0.05, 0) is 6.92 Å². The lowest BCUT2D eigenvalue weighted by Crippen LogP contribution is -1.94. The first-order valence-corrected chi connectivity index (χ1v) is 2.99. The summed E-state index contributed by atoms with van der Waals surface area (Å²) < 4.78 is 1.63. The van der Waals surface area contributed by atoms with E-state index in [4.69, 9.17) is 0 Å². The molecule has 2 aromatic rings. The third-order valence-corrected chi connectivity index (χ3v) is 1.28. The van der Waals surface area contributed by atoms with Crippen molar-refractivity contribution in [3.8, 4) is 0 Å². The summed E-state index contributed by atoms with van der Waals surface area (Å²) in [5.41, 5.74) is 0.840. The van der Waals surface area contributed by atoms with Crippen LogP contribution in [0.5, 0.6) is 0 Å². The van der Waals surface area contributed by atoms with Crippen molar-refractivity contribution in [2.45, 2.75) is 6.92 Å². The molecule has 0 aliphatic heterocycles. The fourth-order valence-corrected chi connectivity index (χ4v) is 0.818. The van der Waals surface area contributed by atoms with Crippen molar-refractivity contribution in [3.63, 3.8) is 0 Å². The van der Waals surface area contributed by atoms with Gasteiger partial charge in [-0.15, -0.1) is 0 Å². The van der Waals surface area contributed by atoms with Gasteiger partial charge in [0, 0.05) is 6.07 Å². The third-order valence-electron chi connectivity index (χ3n) is 1.28. The van der Waals surface area contributed by atoms with Gasteiger partial charge in [-0.25, -0.2) is 14.5 Å². The zero-order chi connectivity index (χ0) is 6.97. The molecule has 0 aromatic carbocycles. The Bertz CT molecular complexity index is 351. The molecule has 2 aromatic heterocycles. The van der Waals surface area contributed by atoms with Gasteiger partial charge in [0.1, 0.15) is 12.2 Å². The molecule has 0 saturated carbocycles. The average Bonchev–Trinajstić information content (AvgIpc) is 2.33. The van der Waals surface area contributed by atoms with Crippen molar-refractivity contribution in [2.75, 3.05) is 0 Å². The first-order chi connectivity index (χ1) is 4.86. The van der Waals surface area contributed by atoms with Gasteiger partial charge in [-0.1, -0.05) is 0 Å². The highest BCUT2D eigenvalue weighted by Crippen LogP contribution is 1.94. The van der Waals surface area contributed by atoms with Gasteiger partial charge >= 0.3 is 0 Å². The second kappa shape index (κ2) is 1.76. The lowest BCUT2D eigenvalue weighted by atomic mass is 10.6. The highest BCUT2D eigenvalue weighted by atomic mass is 15.3. The minimum atomic E-state index is 0.771. The van der Waals surface area contributed by atoms with Crippen molar-refractivity contribution >= 4 is 5.65 Å². The predicted molar refractivity (Wildman–Crippen MR) is 35.5 cm³/mol. The number of hydrogen-bond donors (Lipinski definition) is 0. The first kappa shape index (κ1) is 5.34. The zero-order valence-electron chi connectivity index (χ0n) is 5.52. The number of aromatic nitrogens is 4. The Balaban J connectivity index is 2.86. The maximum absolute atomic E-state index is 4.12. The van der Waals surface area contributed by atoms with Gasteiger partial charge in [0.2, 0.25) is 0 Å². The van der Waals surface area contributed by atoms with Gasteiger partial charge < -0.3 is 0 Å². The second-order valence-electron chi connectivity index (χ2n) is 2.04. The molecule has 0 saturated heterocycles. The lowest BCUT2D eigenvalue weighted by Gasteiger charge is -1.90. The van der Waals surface area contributed by atoms with Crippen molar-refractivity contribution in [1.82, 2.24) is 19.6 Å². The molecule has 10 heavy (non-hydrogen) atoms. The Morgan fingerprint density at radius 1 is 1.50 bits per heavy atom. The second-order valence-corrected chi connectivity index (χ2v) is 2.04. The summed E-state index contributed by atoms with van der Waals surface area (Å²) in [5.74, 6) is 0.771. The molecule has 0 aliphatic carbocycles. The molecule has 0 unspecified atom stereocenters. The van der Waals surface area contributed by atoms with Crippen molar-refractivity contribution < 1.29 is 0 Å². The molecule has 0 atom stereocenters. The number of hydrogen-bond acceptors (Lipinski definition) is 3. The predicted octanol–water partition coefficient (Wildman–Crippen LogP) is 0.433. The topological polar surface area (TPSA) is 43.1 Å². The fourth-order valence-electron chi connectivity index (χ4n) is 0.818. The van der Waals surface area contributed by atoms with E-state index in [0.29, 0.717) is 0 Å². The van der Waals surface area contributed by atoms with E-state index < -0.39 is 0 Å². The SMILES string of the molecule is Cc1ncn2nccc2n1. The molecule has 0 N–H and O–H groups in total. The average molecular weight is 134 g/mol. The van der Waals surface area contributed by atoms with Crippen molar-refractivity contribution in [3.05, 3.63) is 24.4 Å². The first-order valence-electron chi connectivity index (χ1n) is 2.99. The van der Waals surface area contributed by atoms with Gasteiger partial charge in [0.05, 0.1) is 6.20 Å². The number of fused-ring (bicyclic) bond motifs is 1. The van der Waals surface area contributed by atoms with Crippen molar-refractivity contribution in [1.29, 1.82) is 0 Å². The molecule has 50 valence electrons. The van der Waals surface area contributed by atoms with Crippen LogP contribution < -0.4 is 0 Å². The smallest absolute Gasteiger partial charge is 0.158 e. The Hall–Kier alpha value is -1.45. The molecule has 4 heteroatoms. The van der Waals surface area contributed by atoms with E-state index in [1.165, 1.54) is 0 Å². The third kappa shape index (κ3) is 0.655. The summed E-state index contributed by atoms with van der Waals surface area (Å²) >= 11 is 0. The van der Waals surface area contributed by atoms with Crippen LogP contribution in [0, 0.1) is 6.92 Å². The highest BCUT2D eigenvalue weighted by molar-refractivity contribution is 5.34. The normalized spacial score (nSPS) is 10.5. The molecule has 0 spiro atoms. The van der Waals surface area contributed by atoms with E-state index in [1.807, 2.05) is 13.0 Å². The largest absolute Gasteiger partial charge is 0.222 e. The molecule has 0 aliphatic rings. The Labute approximate surface area is 57.5 Å². The Kier molecular flexibility index (Phi) is 0.943. The van der Waals surface area contributed by atoms with Gasteiger partial charge in [0.25, 0.3) is 0 Å². The van der Waals surface area contributed by atoms with Crippen LogP contribution in [0.2, 0.25) is 0 Å². The highest BCUT2D eigenvalue weighted by Gasteiger charge is 1.92. The van der Waals surface area contributed by atoms with Crippen LogP contribution in [0.4, 0.5) is 0 Å². The molecular weight excluding hydrogens is 128 g/mol. The quantitative estimate of drug-likeness (QED) is 0.524. The minimum Gasteiger partial charge on any atom is -0.222 e. The number of aryl methyl sites for hydroxylation is 1. The summed E-state index contributed by atoms with van der Waals surface area (Å²) in [6.45, 7) is 1.85. The maximum Gasteiger partial charge on any atom is 0.158 e. The summed E-state index contributed by atoms with van der Waals surface area (Å²) in [6.07, 6.45) is 3.35. The molecule has 2 rings (SSSR count). The summed E-state index contributed by atoms with van der Waals surface area (Å²) in [4.78, 5) is 8.09. The van der Waals surface area contributed by atoms with Gasteiger partial charge in [-0.2, -0.15) is 5.10 Å². The van der Waals surface area contributed by atoms with E-state index in [-0.39, 0.29) is 0 Å². The molecule has 0 fully saturated rings. The summed E-state index contributed by atoms with van der Waals surface area (Å²) in [6, 6.07) is 1.84. The zero-order valence-corrected chi connectivity index (χ0v) is 5.52. The lowest BCUT2D eigenvalue weighted by molar-refractivity contribution is 0.869. The van der Waals surface area contributed by atoms with Crippen LogP contribution in [-0.4, -0.2) is 19.6 Å². The van der Waals surface area contributed by atoms with E-state index in [2.05, 4.69) is 15.1 Å². The molecule has 0 amide bonds. The molecule has 2 heterocycles. The van der Waals surface area contributed by atoms with Crippen LogP contribution in [-0.2, 0) is 0 Å². The maximum atomic E-state index is 4.12. The fraction of sp³-hybridized carbons (Fsp3) is 0.167. The molecule has 0 radical (unpaired) electrons. The van der Waals surface area contributed by atoms with Crippen LogP contribution in [0.15, 0.2) is 18.6 Å². The molecule has 4 nitrogen and oxygen atoms in total. The van der Waals surface area contributed by atoms with E-state index in [1.54, 1.807) is 17.0 Å². The summed E-state index contributed by atoms with van der Waals surface area (Å²) in [5, 5.41) is 3.95. The monoisotopic (exact) mass is 134 g/mol. The summed E-state index contributed by atoms with van der Waals surface area (Å²) in [7, 11) is 0. The van der Waals surface area contributed by atoms with E-state index in [9.17, 15) is 0 Å². The van der Waals surface area contributed by atoms with Crippen LogP contribution in [0.25, 0.3) is 5.65 Å². The van der Waals surface area contributed by atoms with Crippen LogP contribution in [0.3, 0.4) is 0 Å². The molecule has 0 bridgehead atoms. The van der Waals surface area contributed by atoms with Crippen molar-refractivity contribution in [2.24, 2.45) is 0 Å². The Morgan fingerprint density at radius 3 is 3.30 bits per heavy atom. The van der Waals surface area contributed by atoms with E-state index in [0.717, 1.165) is 11.5 Å². The van der Waals surface area contributed by atoms with E-state index >= 15 is 0 Å². The Morgan fingerprint density at radius 2 is 2.40 bits per heavy atom.